The first-order valence-electron chi connectivity index (χ1n) is 37.6. The summed E-state index contributed by atoms with van der Waals surface area (Å²) >= 11 is 0. The second kappa shape index (κ2) is 55.2. The van der Waals surface area contributed by atoms with Gasteiger partial charge in [-0.1, -0.05) is 276 Å². The van der Waals surface area contributed by atoms with Gasteiger partial charge in [-0.2, -0.15) is 0 Å². The minimum Gasteiger partial charge on any atom is -0.394 e. The highest BCUT2D eigenvalue weighted by Gasteiger charge is 2.53. The van der Waals surface area contributed by atoms with Gasteiger partial charge in [-0.3, -0.25) is 4.79 Å². The number of unbranched alkanes of at least 4 members (excludes halogenated alkanes) is 41. The van der Waals surface area contributed by atoms with E-state index in [-0.39, 0.29) is 18.9 Å². The van der Waals surface area contributed by atoms with E-state index in [1.54, 1.807) is 6.08 Å². The van der Waals surface area contributed by atoms with Crippen LogP contribution in [0.2, 0.25) is 0 Å². The lowest BCUT2D eigenvalue weighted by molar-refractivity contribution is -0.379. The number of carbonyl (C=O) groups excluding carboxylic acids is 1. The average Bonchev–Trinajstić information content (AvgIpc) is 0.834. The van der Waals surface area contributed by atoms with Crippen LogP contribution >= 0.6 is 0 Å². The predicted molar refractivity (Wildman–Crippen MR) is 360 cm³/mol. The number of aliphatic hydroxyl groups excluding tert-OH is 11. The number of hydrogen-bond donors (Lipinski definition) is 12. The van der Waals surface area contributed by atoms with Gasteiger partial charge in [-0.05, 0) is 44.9 Å². The first-order valence-corrected chi connectivity index (χ1v) is 37.6. The zero-order chi connectivity index (χ0) is 66.8. The molecule has 3 rings (SSSR count). The minimum atomic E-state index is -1.98. The van der Waals surface area contributed by atoms with Crippen molar-refractivity contribution in [2.24, 2.45) is 0 Å². The standard InChI is InChI=1S/C73H137NO18/c1-3-5-7-9-11-13-15-17-19-21-22-23-24-25-26-27-28-29-30-31-32-33-34-35-37-39-41-43-45-47-49-51-61(79)74-56(57(78)50-48-46-44-42-40-38-36-20-18-16-14-12-10-8-6-4-2)55-87-71-67(85)64(82)69(59(53-76)89-71)92-73-68(86)65(83)70(60(54-77)90-73)91-72-66(84)63(81)62(80)58(52-75)88-72/h21-22,48,50,56-60,62-73,75-78,80-86H,3-20,23-47,49,51-55H2,1-2H3,(H,74,79)/b22-21-,50-48+. The van der Waals surface area contributed by atoms with Crippen LogP contribution in [-0.4, -0.2) is 193 Å². The molecule has 3 heterocycles. The summed E-state index contributed by atoms with van der Waals surface area (Å²) < 4.78 is 34.4. The quantitative estimate of drug-likeness (QED) is 0.0199. The summed E-state index contributed by atoms with van der Waals surface area (Å²) in [7, 11) is 0. The molecule has 12 N–H and O–H groups in total. The van der Waals surface area contributed by atoms with Gasteiger partial charge in [-0.15, -0.1) is 0 Å². The minimum absolute atomic E-state index is 0.248. The van der Waals surface area contributed by atoms with Crippen LogP contribution in [0.3, 0.4) is 0 Å². The molecule has 0 bridgehead atoms. The van der Waals surface area contributed by atoms with Crippen LogP contribution in [0.15, 0.2) is 24.3 Å². The molecule has 0 radical (unpaired) electrons. The Morgan fingerprint density at radius 3 is 1.05 bits per heavy atom. The normalized spacial score (nSPS) is 27.8. The fourth-order valence-electron chi connectivity index (χ4n) is 12.9. The second-order valence-electron chi connectivity index (χ2n) is 27.1. The lowest BCUT2D eigenvalue weighted by Gasteiger charge is -2.48. The monoisotopic (exact) mass is 1320 g/mol. The van der Waals surface area contributed by atoms with Crippen molar-refractivity contribution >= 4 is 5.91 Å². The number of amides is 1. The van der Waals surface area contributed by atoms with Crippen LogP contribution in [-0.2, 0) is 33.2 Å². The van der Waals surface area contributed by atoms with Crippen LogP contribution in [0, 0.1) is 0 Å². The average molecular weight is 1320 g/mol. The summed E-state index contributed by atoms with van der Waals surface area (Å²) in [4.78, 5) is 13.4. The molecule has 0 spiro atoms. The smallest absolute Gasteiger partial charge is 0.220 e. The van der Waals surface area contributed by atoms with Crippen LogP contribution in [0.1, 0.15) is 303 Å². The summed E-state index contributed by atoms with van der Waals surface area (Å²) in [5.41, 5.74) is 0. The molecule has 3 saturated heterocycles. The van der Waals surface area contributed by atoms with Crippen molar-refractivity contribution in [2.45, 2.75) is 407 Å². The molecule has 17 unspecified atom stereocenters. The fourth-order valence-corrected chi connectivity index (χ4v) is 12.9. The Hall–Kier alpha value is -1.73. The van der Waals surface area contributed by atoms with Crippen LogP contribution in [0.25, 0.3) is 0 Å². The molecule has 92 heavy (non-hydrogen) atoms. The third kappa shape index (κ3) is 36.2. The highest BCUT2D eigenvalue weighted by atomic mass is 16.8. The van der Waals surface area contributed by atoms with Crippen molar-refractivity contribution in [2.75, 3.05) is 26.4 Å². The molecule has 542 valence electrons. The number of nitrogens with one attached hydrogen (secondary N) is 1. The predicted octanol–water partition coefficient (Wildman–Crippen LogP) is 11.0. The Morgan fingerprint density at radius 1 is 0.380 bits per heavy atom. The van der Waals surface area contributed by atoms with E-state index < -0.39 is 124 Å². The van der Waals surface area contributed by atoms with E-state index in [1.165, 1.54) is 231 Å². The van der Waals surface area contributed by atoms with Gasteiger partial charge < -0.3 is 89.9 Å². The molecular formula is C73H137NO18. The molecule has 19 nitrogen and oxygen atoms in total. The maximum Gasteiger partial charge on any atom is 0.220 e. The molecule has 0 aromatic carbocycles. The largest absolute Gasteiger partial charge is 0.394 e. The Balaban J connectivity index is 1.37. The van der Waals surface area contributed by atoms with Crippen molar-refractivity contribution in [3.8, 4) is 0 Å². The molecule has 19 heteroatoms. The van der Waals surface area contributed by atoms with Gasteiger partial charge in [0.15, 0.2) is 18.9 Å². The van der Waals surface area contributed by atoms with E-state index in [4.69, 9.17) is 28.4 Å². The van der Waals surface area contributed by atoms with E-state index in [2.05, 4.69) is 31.3 Å². The molecule has 3 fully saturated rings. The summed E-state index contributed by atoms with van der Waals surface area (Å²) in [6.07, 6.45) is 37.4. The SMILES string of the molecule is CCCCCCCCCC/C=C\CCCCCCCCCCCCCCCCCCCCCC(=O)NC(COC1OC(CO)C(OC2OC(CO)C(OC3OC(CO)C(O)C(O)C3O)C(O)C2O)C(O)C1O)C(O)/C=C/CCCCCCCCCCCCCCCC. The number of aliphatic hydroxyl groups is 11. The van der Waals surface area contributed by atoms with Gasteiger partial charge in [0, 0.05) is 6.42 Å². The number of allylic oxidation sites excluding steroid dienone is 3. The summed E-state index contributed by atoms with van der Waals surface area (Å²) in [6, 6.07) is -0.970. The molecule has 3 aliphatic rings. The van der Waals surface area contributed by atoms with E-state index in [0.29, 0.717) is 6.42 Å². The number of hydrogen-bond acceptors (Lipinski definition) is 18. The molecule has 0 aromatic heterocycles. The lowest BCUT2D eigenvalue weighted by atomic mass is 9.96. The van der Waals surface area contributed by atoms with Gasteiger partial charge in [0.1, 0.15) is 73.2 Å². The van der Waals surface area contributed by atoms with Gasteiger partial charge in [-0.25, -0.2) is 0 Å². The Kier molecular flexibility index (Phi) is 50.7. The van der Waals surface area contributed by atoms with Crippen LogP contribution in [0.4, 0.5) is 0 Å². The summed E-state index contributed by atoms with van der Waals surface area (Å²) in [5, 5.41) is 121. The van der Waals surface area contributed by atoms with E-state index in [1.807, 2.05) is 6.08 Å². The first kappa shape index (κ1) is 84.5. The Bertz CT molecular complexity index is 1760. The van der Waals surface area contributed by atoms with E-state index in [9.17, 15) is 61.0 Å². The highest BCUT2D eigenvalue weighted by Crippen LogP contribution is 2.33. The maximum absolute atomic E-state index is 13.4. The highest BCUT2D eigenvalue weighted by molar-refractivity contribution is 5.76. The van der Waals surface area contributed by atoms with Crippen molar-refractivity contribution in [1.29, 1.82) is 0 Å². The van der Waals surface area contributed by atoms with Gasteiger partial charge >= 0.3 is 0 Å². The number of carbonyl (C=O) groups is 1. The zero-order valence-corrected chi connectivity index (χ0v) is 57.5. The molecular weight excluding hydrogens is 1180 g/mol. The van der Waals surface area contributed by atoms with Crippen molar-refractivity contribution in [1.82, 2.24) is 5.32 Å². The third-order valence-corrected chi connectivity index (χ3v) is 19.0. The molecule has 0 saturated carbocycles. The van der Waals surface area contributed by atoms with E-state index in [0.717, 1.165) is 44.9 Å². The summed E-state index contributed by atoms with van der Waals surface area (Å²) in [5.74, 6) is -0.270. The fraction of sp³-hybridized carbons (Fsp3) is 0.932. The Labute approximate surface area is 556 Å². The van der Waals surface area contributed by atoms with Crippen molar-refractivity contribution in [3.63, 3.8) is 0 Å². The molecule has 1 amide bonds. The molecule has 3 aliphatic heterocycles. The Morgan fingerprint density at radius 2 is 0.685 bits per heavy atom. The van der Waals surface area contributed by atoms with Crippen molar-refractivity contribution < 1.29 is 89.4 Å². The lowest BCUT2D eigenvalue weighted by Crippen LogP contribution is -2.66. The van der Waals surface area contributed by atoms with E-state index >= 15 is 0 Å². The molecule has 17 atom stereocenters. The number of rotatable bonds is 59. The van der Waals surface area contributed by atoms with Gasteiger partial charge in [0.25, 0.3) is 0 Å². The van der Waals surface area contributed by atoms with Crippen LogP contribution in [0.5, 0.6) is 0 Å². The summed E-state index contributed by atoms with van der Waals surface area (Å²) in [6.45, 7) is 1.77. The molecule has 0 aliphatic carbocycles. The second-order valence-corrected chi connectivity index (χ2v) is 27.1. The molecule has 0 aromatic rings. The third-order valence-electron chi connectivity index (χ3n) is 19.0. The van der Waals surface area contributed by atoms with Crippen LogP contribution < -0.4 is 5.32 Å². The zero-order valence-electron chi connectivity index (χ0n) is 57.5. The maximum atomic E-state index is 13.4. The van der Waals surface area contributed by atoms with Gasteiger partial charge in [0.2, 0.25) is 5.91 Å². The topological polar surface area (TPSA) is 307 Å². The first-order chi connectivity index (χ1) is 44.8. The number of ether oxygens (including phenoxy) is 6. The van der Waals surface area contributed by atoms with Crippen molar-refractivity contribution in [3.05, 3.63) is 24.3 Å². The van der Waals surface area contributed by atoms with Gasteiger partial charge in [0.05, 0.1) is 38.6 Å².